The lowest BCUT2D eigenvalue weighted by Gasteiger charge is -2.15. The Morgan fingerprint density at radius 3 is 2.43 bits per heavy atom. The van der Waals surface area contributed by atoms with Crippen LogP contribution in [0.25, 0.3) is 10.9 Å². The lowest BCUT2D eigenvalue weighted by atomic mass is 10.00. The highest BCUT2D eigenvalue weighted by Gasteiger charge is 2.20. The SMILES string of the molecule is COC(=O)c1ccc2c(C(=Nc3cccc(C(=O)N(C)CCO)c3)c3ccccc3)c(O)[nH]c2c1. The summed E-state index contributed by atoms with van der Waals surface area (Å²) in [6, 6.07) is 21.2. The number of rotatable bonds is 7. The maximum atomic E-state index is 12.7. The summed E-state index contributed by atoms with van der Waals surface area (Å²) < 4.78 is 4.80. The second-order valence-electron chi connectivity index (χ2n) is 7.93. The Balaban J connectivity index is 1.86. The summed E-state index contributed by atoms with van der Waals surface area (Å²) in [5.41, 5.74) is 3.58. The maximum absolute atomic E-state index is 12.7. The summed E-state index contributed by atoms with van der Waals surface area (Å²) in [6.07, 6.45) is 0. The third-order valence-corrected chi connectivity index (χ3v) is 5.60. The number of nitrogens with one attached hydrogen (secondary N) is 1. The number of fused-ring (bicyclic) bond motifs is 1. The third kappa shape index (κ3) is 4.92. The Kier molecular flexibility index (Phi) is 6.93. The summed E-state index contributed by atoms with van der Waals surface area (Å²) in [4.78, 5) is 33.8. The van der Waals surface area contributed by atoms with Crippen molar-refractivity contribution in [3.05, 3.63) is 95.1 Å². The molecular formula is C27H25N3O5. The molecule has 0 radical (unpaired) electrons. The molecular weight excluding hydrogens is 446 g/mol. The highest BCUT2D eigenvalue weighted by Crippen LogP contribution is 2.32. The molecule has 0 aliphatic heterocycles. The lowest BCUT2D eigenvalue weighted by Crippen LogP contribution is -2.29. The van der Waals surface area contributed by atoms with Gasteiger partial charge in [-0.15, -0.1) is 0 Å². The molecule has 8 heteroatoms. The van der Waals surface area contributed by atoms with Gasteiger partial charge in [0.15, 0.2) is 5.88 Å². The van der Waals surface area contributed by atoms with E-state index in [0.717, 1.165) is 5.56 Å². The number of benzene rings is 3. The number of aliphatic hydroxyl groups is 1. The fourth-order valence-electron chi connectivity index (χ4n) is 3.84. The second-order valence-corrected chi connectivity index (χ2v) is 7.93. The molecule has 0 saturated heterocycles. The Morgan fingerprint density at radius 2 is 1.71 bits per heavy atom. The van der Waals surface area contributed by atoms with Crippen LogP contribution in [-0.2, 0) is 4.74 Å². The van der Waals surface area contributed by atoms with Crippen LogP contribution in [0, 0.1) is 0 Å². The van der Waals surface area contributed by atoms with Crippen molar-refractivity contribution in [3.63, 3.8) is 0 Å². The largest absolute Gasteiger partial charge is 0.494 e. The summed E-state index contributed by atoms with van der Waals surface area (Å²) in [5.74, 6) is -0.811. The van der Waals surface area contributed by atoms with Crippen LogP contribution in [0.2, 0.25) is 0 Å². The predicted octanol–water partition coefficient (Wildman–Crippen LogP) is 3.89. The first-order chi connectivity index (χ1) is 16.9. The number of hydrogen-bond acceptors (Lipinski definition) is 6. The number of ether oxygens (including phenoxy) is 1. The van der Waals surface area contributed by atoms with Crippen molar-refractivity contribution in [3.8, 4) is 5.88 Å². The van der Waals surface area contributed by atoms with Gasteiger partial charge in [0, 0.05) is 35.6 Å². The first-order valence-corrected chi connectivity index (χ1v) is 11.0. The van der Waals surface area contributed by atoms with Gasteiger partial charge in [0.1, 0.15) is 0 Å². The van der Waals surface area contributed by atoms with Crippen molar-refractivity contribution in [1.29, 1.82) is 0 Å². The number of hydrogen-bond donors (Lipinski definition) is 3. The Morgan fingerprint density at radius 1 is 0.971 bits per heavy atom. The van der Waals surface area contributed by atoms with Gasteiger partial charge in [-0.3, -0.25) is 4.79 Å². The van der Waals surface area contributed by atoms with Gasteiger partial charge in [-0.2, -0.15) is 0 Å². The van der Waals surface area contributed by atoms with Gasteiger partial charge in [-0.25, -0.2) is 9.79 Å². The molecule has 3 aromatic carbocycles. The Labute approximate surface area is 202 Å². The molecule has 8 nitrogen and oxygen atoms in total. The van der Waals surface area contributed by atoms with E-state index >= 15 is 0 Å². The Hall–Kier alpha value is -4.43. The molecule has 0 aliphatic carbocycles. The van der Waals surface area contributed by atoms with Crippen LogP contribution >= 0.6 is 0 Å². The molecule has 0 aliphatic rings. The van der Waals surface area contributed by atoms with Crippen molar-refractivity contribution in [2.75, 3.05) is 27.3 Å². The van der Waals surface area contributed by atoms with Crippen LogP contribution in [0.4, 0.5) is 5.69 Å². The summed E-state index contributed by atoms with van der Waals surface area (Å²) in [6.45, 7) is 0.0914. The smallest absolute Gasteiger partial charge is 0.337 e. The number of aliphatic imine (C=N–C) groups is 1. The molecule has 0 atom stereocenters. The monoisotopic (exact) mass is 471 g/mol. The zero-order valence-electron chi connectivity index (χ0n) is 19.4. The topological polar surface area (TPSA) is 115 Å². The summed E-state index contributed by atoms with van der Waals surface area (Å²) in [5, 5.41) is 20.7. The van der Waals surface area contributed by atoms with Crippen molar-refractivity contribution >= 4 is 34.2 Å². The van der Waals surface area contributed by atoms with Crippen LogP contribution < -0.4 is 0 Å². The average molecular weight is 472 g/mol. The van der Waals surface area contributed by atoms with E-state index in [1.54, 1.807) is 49.5 Å². The van der Waals surface area contributed by atoms with Crippen molar-refractivity contribution in [2.24, 2.45) is 4.99 Å². The standard InChI is InChI=1S/C27H25N3O5/c1-30(13-14-31)26(33)18-9-6-10-20(15-18)28-24(17-7-4-3-5-8-17)23-21-12-11-19(27(34)35-2)16-22(21)29-25(23)32/h3-12,15-16,29,31-32H,13-14H2,1-2H3. The Bertz CT molecular complexity index is 1410. The summed E-state index contributed by atoms with van der Waals surface area (Å²) >= 11 is 0. The fraction of sp³-hybridized carbons (Fsp3) is 0.148. The van der Waals surface area contributed by atoms with E-state index in [1.807, 2.05) is 30.3 Å². The van der Waals surface area contributed by atoms with E-state index < -0.39 is 5.97 Å². The van der Waals surface area contributed by atoms with Gasteiger partial charge in [0.05, 0.1) is 36.2 Å². The van der Waals surface area contributed by atoms with Gasteiger partial charge in [-0.05, 0) is 30.3 Å². The molecule has 1 heterocycles. The molecule has 4 rings (SSSR count). The number of esters is 1. The van der Waals surface area contributed by atoms with Crippen molar-refractivity contribution < 1.29 is 24.5 Å². The minimum atomic E-state index is -0.480. The normalized spacial score (nSPS) is 11.5. The van der Waals surface area contributed by atoms with Gasteiger partial charge < -0.3 is 24.8 Å². The van der Waals surface area contributed by atoms with Gasteiger partial charge in [0.2, 0.25) is 0 Å². The summed E-state index contributed by atoms with van der Waals surface area (Å²) in [7, 11) is 2.93. The van der Waals surface area contributed by atoms with E-state index in [9.17, 15) is 14.7 Å². The average Bonchev–Trinajstić information content (AvgIpc) is 3.21. The van der Waals surface area contributed by atoms with Crippen LogP contribution in [0.1, 0.15) is 31.8 Å². The molecule has 0 saturated carbocycles. The molecule has 0 bridgehead atoms. The zero-order chi connectivity index (χ0) is 24.9. The van der Waals surface area contributed by atoms with Crippen LogP contribution in [0.5, 0.6) is 5.88 Å². The number of aromatic hydroxyl groups is 1. The van der Waals surface area contributed by atoms with Crippen LogP contribution in [0.3, 0.4) is 0 Å². The van der Waals surface area contributed by atoms with E-state index in [0.29, 0.717) is 39.0 Å². The molecule has 35 heavy (non-hydrogen) atoms. The number of aromatic nitrogens is 1. The molecule has 0 spiro atoms. The van der Waals surface area contributed by atoms with E-state index in [4.69, 9.17) is 14.8 Å². The molecule has 1 aromatic heterocycles. The predicted molar refractivity (Wildman–Crippen MR) is 134 cm³/mol. The fourth-order valence-corrected chi connectivity index (χ4v) is 3.84. The van der Waals surface area contributed by atoms with Crippen molar-refractivity contribution in [2.45, 2.75) is 0 Å². The zero-order valence-corrected chi connectivity index (χ0v) is 19.4. The first-order valence-electron chi connectivity index (χ1n) is 11.0. The third-order valence-electron chi connectivity index (χ3n) is 5.60. The van der Waals surface area contributed by atoms with Crippen LogP contribution in [0.15, 0.2) is 77.8 Å². The molecule has 0 fully saturated rings. The minimum Gasteiger partial charge on any atom is -0.494 e. The van der Waals surface area contributed by atoms with E-state index in [2.05, 4.69) is 4.98 Å². The van der Waals surface area contributed by atoms with Crippen molar-refractivity contribution in [1.82, 2.24) is 9.88 Å². The van der Waals surface area contributed by atoms with Gasteiger partial charge in [-0.1, -0.05) is 42.5 Å². The molecule has 1 amide bonds. The highest BCUT2D eigenvalue weighted by atomic mass is 16.5. The highest BCUT2D eigenvalue weighted by molar-refractivity contribution is 6.22. The molecule has 178 valence electrons. The van der Waals surface area contributed by atoms with E-state index in [-0.39, 0.29) is 24.9 Å². The maximum Gasteiger partial charge on any atom is 0.337 e. The van der Waals surface area contributed by atoms with E-state index in [1.165, 1.54) is 12.0 Å². The number of amides is 1. The molecule has 0 unspecified atom stereocenters. The lowest BCUT2D eigenvalue weighted by molar-refractivity contribution is 0.0600. The van der Waals surface area contributed by atoms with Gasteiger partial charge >= 0.3 is 5.97 Å². The minimum absolute atomic E-state index is 0.0977. The number of nitrogens with zero attached hydrogens (tertiary/aromatic N) is 2. The quantitative estimate of drug-likeness (QED) is 0.279. The van der Waals surface area contributed by atoms with Crippen LogP contribution in [-0.4, -0.2) is 65.0 Å². The van der Waals surface area contributed by atoms with Gasteiger partial charge in [0.25, 0.3) is 5.91 Å². The second kappa shape index (κ2) is 10.2. The number of H-pyrrole nitrogens is 1. The molecule has 4 aromatic rings. The first kappa shape index (κ1) is 23.7. The molecule has 3 N–H and O–H groups in total. The number of methoxy groups -OCH3 is 1. The number of likely N-dealkylation sites (N-methyl/N-ethyl adjacent to an activating group) is 1. The number of carbonyl (C=O) groups is 2. The number of aliphatic hydroxyl groups excluding tert-OH is 1. The number of carbonyl (C=O) groups excluding carboxylic acids is 2. The number of aromatic amines is 1.